The van der Waals surface area contributed by atoms with Crippen LogP contribution in [-0.2, 0) is 14.4 Å². The summed E-state index contributed by atoms with van der Waals surface area (Å²) in [7, 11) is 0. The molecule has 1 aliphatic carbocycles. The number of nitrogens with zero attached hydrogens (tertiary/aromatic N) is 3. The highest BCUT2D eigenvalue weighted by molar-refractivity contribution is 5.91. The number of fused-ring (bicyclic) bond motifs is 2. The first-order valence-electron chi connectivity index (χ1n) is 12.4. The number of amides is 3. The van der Waals surface area contributed by atoms with Crippen LogP contribution in [0.15, 0.2) is 30.6 Å². The van der Waals surface area contributed by atoms with Crippen molar-refractivity contribution in [1.29, 1.82) is 5.26 Å². The molecule has 1 aliphatic heterocycles. The van der Waals surface area contributed by atoms with Crippen LogP contribution in [0.5, 0.6) is 5.75 Å². The summed E-state index contributed by atoms with van der Waals surface area (Å²) in [4.78, 5) is 38.1. The van der Waals surface area contributed by atoms with Gasteiger partial charge in [-0.15, -0.1) is 0 Å². The Balaban J connectivity index is 0.000000241. The number of aromatic nitrogens is 1. The van der Waals surface area contributed by atoms with Gasteiger partial charge >= 0.3 is 12.1 Å². The van der Waals surface area contributed by atoms with Crippen LogP contribution in [0.1, 0.15) is 46.2 Å². The van der Waals surface area contributed by atoms with Gasteiger partial charge in [0.2, 0.25) is 12.3 Å². The third kappa shape index (κ3) is 8.05. The molecular weight excluding hydrogens is 515 g/mol. The van der Waals surface area contributed by atoms with Crippen LogP contribution in [-0.4, -0.2) is 59.0 Å². The number of likely N-dealkylation sites (tertiary alicyclic amines) is 1. The topological polar surface area (TPSA) is 135 Å². The molecule has 2 aliphatic rings. The Kier molecular flexibility index (Phi) is 10.3. The summed E-state index contributed by atoms with van der Waals surface area (Å²) in [5, 5.41) is 24.0. The highest BCUT2D eigenvalue weighted by Crippen LogP contribution is 2.61. The number of pyridine rings is 1. The van der Waals surface area contributed by atoms with E-state index in [0.717, 1.165) is 11.3 Å². The van der Waals surface area contributed by atoms with Gasteiger partial charge in [0, 0.05) is 41.8 Å². The van der Waals surface area contributed by atoms with E-state index in [-0.39, 0.29) is 11.2 Å². The SMILES string of the molecule is CC(C)C.CC1(C)[C@@H]2CN(C(=O)CNC(=O)C(F)(F)F)C[C@@H]21.N#CC(NC=O)c1cncc2cccc(O)c12. The lowest BCUT2D eigenvalue weighted by Gasteiger charge is -2.22. The fraction of sp³-hybridized carbons (Fsp3) is 0.519. The lowest BCUT2D eigenvalue weighted by molar-refractivity contribution is -0.174. The molecule has 3 atom stereocenters. The predicted octanol–water partition coefficient (Wildman–Crippen LogP) is 3.69. The van der Waals surface area contributed by atoms with Crippen LogP contribution in [0.4, 0.5) is 13.2 Å². The first kappa shape index (κ1) is 31.3. The summed E-state index contributed by atoms with van der Waals surface area (Å²) < 4.78 is 35.7. The molecule has 4 rings (SSSR count). The Morgan fingerprint density at radius 2 is 1.82 bits per heavy atom. The summed E-state index contributed by atoms with van der Waals surface area (Å²) in [6, 6.07) is 6.12. The smallest absolute Gasteiger partial charge is 0.471 e. The molecule has 39 heavy (non-hydrogen) atoms. The minimum Gasteiger partial charge on any atom is -0.507 e. The second-order valence-electron chi connectivity index (χ2n) is 10.7. The fourth-order valence-electron chi connectivity index (χ4n) is 4.43. The van der Waals surface area contributed by atoms with Crippen molar-refractivity contribution < 1.29 is 32.7 Å². The number of nitriles is 1. The number of phenolic OH excluding ortho intramolecular Hbond substituents is 1. The molecule has 1 aromatic carbocycles. The first-order valence-corrected chi connectivity index (χ1v) is 12.4. The molecule has 212 valence electrons. The van der Waals surface area contributed by atoms with E-state index in [2.05, 4.69) is 44.9 Å². The summed E-state index contributed by atoms with van der Waals surface area (Å²) in [5.74, 6) is -0.733. The van der Waals surface area contributed by atoms with Gasteiger partial charge in [-0.1, -0.05) is 46.8 Å². The minimum atomic E-state index is -4.94. The molecule has 0 radical (unpaired) electrons. The van der Waals surface area contributed by atoms with Crippen molar-refractivity contribution >= 4 is 29.0 Å². The molecule has 0 bridgehead atoms. The molecular formula is C27H34F3N5O4. The maximum Gasteiger partial charge on any atom is 0.471 e. The maximum absolute atomic E-state index is 11.9. The summed E-state index contributed by atoms with van der Waals surface area (Å²) in [6.07, 6.45) is -1.43. The quantitative estimate of drug-likeness (QED) is 0.487. The van der Waals surface area contributed by atoms with Gasteiger partial charge in [-0.3, -0.25) is 19.4 Å². The van der Waals surface area contributed by atoms with E-state index in [1.54, 1.807) is 23.6 Å². The van der Waals surface area contributed by atoms with E-state index < -0.39 is 30.6 Å². The Bertz CT molecular complexity index is 1200. The average Bonchev–Trinajstić information content (AvgIpc) is 3.18. The molecule has 3 N–H and O–H groups in total. The zero-order chi connectivity index (χ0) is 29.5. The molecule has 3 amide bonds. The number of nitrogens with one attached hydrogen (secondary N) is 2. The van der Waals surface area contributed by atoms with Crippen LogP contribution in [0.3, 0.4) is 0 Å². The summed E-state index contributed by atoms with van der Waals surface area (Å²) >= 11 is 0. The van der Waals surface area contributed by atoms with E-state index in [0.29, 0.717) is 42.3 Å². The normalized spacial score (nSPS) is 19.3. The van der Waals surface area contributed by atoms with E-state index in [1.807, 2.05) is 6.07 Å². The first-order chi connectivity index (χ1) is 18.1. The van der Waals surface area contributed by atoms with Gasteiger partial charge in [0.25, 0.3) is 0 Å². The highest BCUT2D eigenvalue weighted by Gasteiger charge is 2.62. The number of alkyl halides is 3. The van der Waals surface area contributed by atoms with Gasteiger partial charge in [0.05, 0.1) is 12.6 Å². The molecule has 2 aromatic rings. The molecule has 0 spiro atoms. The van der Waals surface area contributed by atoms with Crippen molar-refractivity contribution in [3.8, 4) is 11.8 Å². The molecule has 2 fully saturated rings. The van der Waals surface area contributed by atoms with Crippen molar-refractivity contribution in [1.82, 2.24) is 20.5 Å². The van der Waals surface area contributed by atoms with Gasteiger partial charge in [-0.2, -0.15) is 18.4 Å². The number of halogens is 3. The van der Waals surface area contributed by atoms with Crippen molar-refractivity contribution in [3.63, 3.8) is 0 Å². The monoisotopic (exact) mass is 549 g/mol. The summed E-state index contributed by atoms with van der Waals surface area (Å²) in [6.45, 7) is 11.3. The van der Waals surface area contributed by atoms with Gasteiger partial charge in [0.15, 0.2) is 0 Å². The molecule has 1 unspecified atom stereocenters. The van der Waals surface area contributed by atoms with Crippen molar-refractivity contribution in [2.24, 2.45) is 23.2 Å². The Morgan fingerprint density at radius 1 is 1.23 bits per heavy atom. The minimum absolute atomic E-state index is 0.0628. The van der Waals surface area contributed by atoms with Crippen LogP contribution in [0.2, 0.25) is 0 Å². The third-order valence-corrected chi connectivity index (χ3v) is 6.60. The van der Waals surface area contributed by atoms with Crippen LogP contribution >= 0.6 is 0 Å². The molecule has 2 heterocycles. The number of carbonyl (C=O) groups is 3. The molecule has 12 heteroatoms. The van der Waals surface area contributed by atoms with Crippen molar-refractivity contribution in [2.75, 3.05) is 19.6 Å². The number of aromatic hydroxyl groups is 1. The second-order valence-corrected chi connectivity index (χ2v) is 10.7. The largest absolute Gasteiger partial charge is 0.507 e. The molecule has 1 saturated heterocycles. The lowest BCUT2D eigenvalue weighted by atomic mass is 10.0. The zero-order valence-corrected chi connectivity index (χ0v) is 22.5. The maximum atomic E-state index is 11.9. The van der Waals surface area contributed by atoms with Gasteiger partial charge in [-0.25, -0.2) is 0 Å². The lowest BCUT2D eigenvalue weighted by Crippen LogP contribution is -2.44. The number of hydrogen-bond acceptors (Lipinski definition) is 6. The van der Waals surface area contributed by atoms with Crippen molar-refractivity contribution in [2.45, 2.75) is 46.8 Å². The van der Waals surface area contributed by atoms with E-state index in [1.165, 1.54) is 17.2 Å². The third-order valence-electron chi connectivity index (χ3n) is 6.60. The van der Waals surface area contributed by atoms with Gasteiger partial charge in [-0.05, 0) is 29.2 Å². The number of phenols is 1. The van der Waals surface area contributed by atoms with Crippen LogP contribution in [0, 0.1) is 34.5 Å². The molecule has 9 nitrogen and oxygen atoms in total. The standard InChI is InChI=1S/C12H9N3O2.C11H15F3N2O2.C4H10/c13-4-10(15-7-16)9-6-14-5-8-2-1-3-11(17)12(8)9;1-10(2)6-4-16(5-7(6)10)8(17)3-15-9(18)11(12,13)14;1-4(2)3/h1-3,5-7,10,17H,(H,15,16);6-7H,3-5H2,1-2H3,(H,15,18);4H,1-3H3/t;6-,7+;. The number of carbonyl (C=O) groups excluding carboxylic acids is 3. The van der Waals surface area contributed by atoms with E-state index in [4.69, 9.17) is 5.26 Å². The fourth-order valence-corrected chi connectivity index (χ4v) is 4.43. The molecule has 1 saturated carbocycles. The van der Waals surface area contributed by atoms with E-state index in [9.17, 15) is 32.7 Å². The summed E-state index contributed by atoms with van der Waals surface area (Å²) in [5.41, 5.74) is 0.724. The van der Waals surface area contributed by atoms with Crippen molar-refractivity contribution in [3.05, 3.63) is 36.2 Å². The Morgan fingerprint density at radius 3 is 2.33 bits per heavy atom. The van der Waals surface area contributed by atoms with Gasteiger partial charge < -0.3 is 20.6 Å². The van der Waals surface area contributed by atoms with E-state index >= 15 is 0 Å². The molecule has 1 aromatic heterocycles. The van der Waals surface area contributed by atoms with Crippen LogP contribution in [0.25, 0.3) is 10.8 Å². The van der Waals surface area contributed by atoms with Crippen LogP contribution < -0.4 is 10.6 Å². The number of hydrogen-bond donors (Lipinski definition) is 3. The highest BCUT2D eigenvalue weighted by atomic mass is 19.4. The average molecular weight is 550 g/mol. The number of rotatable bonds is 5. The zero-order valence-electron chi connectivity index (χ0n) is 22.5. The second kappa shape index (κ2) is 12.8. The Hall–Kier alpha value is -3.88. The number of piperidine rings is 1. The Labute approximate surface area is 225 Å². The number of benzene rings is 1. The predicted molar refractivity (Wildman–Crippen MR) is 138 cm³/mol. The van der Waals surface area contributed by atoms with Gasteiger partial charge in [0.1, 0.15) is 11.8 Å².